The number of fused-ring (bicyclic) bond motifs is 1. The summed E-state index contributed by atoms with van der Waals surface area (Å²) in [5, 5.41) is 4.41. The largest absolute Gasteiger partial charge is 0.303 e. The van der Waals surface area contributed by atoms with E-state index in [1.54, 1.807) is 49.1 Å². The van der Waals surface area contributed by atoms with Crippen LogP contribution in [0.4, 0.5) is 10.2 Å². The van der Waals surface area contributed by atoms with Gasteiger partial charge in [0.15, 0.2) is 5.65 Å². The molecule has 134 valence electrons. The minimum atomic E-state index is -0.263. The van der Waals surface area contributed by atoms with E-state index < -0.39 is 0 Å². The second kappa shape index (κ2) is 6.60. The lowest BCUT2D eigenvalue weighted by atomic mass is 10.0. The molecule has 3 heterocycles. The molecule has 1 amide bonds. The number of benzene rings is 1. The molecule has 0 aliphatic carbocycles. The van der Waals surface area contributed by atoms with E-state index in [1.807, 2.05) is 18.2 Å². The Morgan fingerprint density at radius 2 is 1.96 bits per heavy atom. The average molecular weight is 361 g/mol. The summed E-state index contributed by atoms with van der Waals surface area (Å²) in [6.45, 7) is 1.72. The van der Waals surface area contributed by atoms with Gasteiger partial charge in [0.25, 0.3) is 0 Å². The predicted octanol–water partition coefficient (Wildman–Crippen LogP) is 3.50. The molecule has 0 spiro atoms. The van der Waals surface area contributed by atoms with Gasteiger partial charge >= 0.3 is 0 Å². The van der Waals surface area contributed by atoms with Crippen molar-refractivity contribution >= 4 is 17.9 Å². The highest BCUT2D eigenvalue weighted by atomic mass is 19.1. The fourth-order valence-electron chi connectivity index (χ4n) is 2.95. The smallest absolute Gasteiger partial charge is 0.215 e. The van der Waals surface area contributed by atoms with Crippen molar-refractivity contribution in [3.63, 3.8) is 0 Å². The Balaban J connectivity index is 1.99. The third-order valence-corrected chi connectivity index (χ3v) is 4.36. The molecule has 0 saturated heterocycles. The van der Waals surface area contributed by atoms with Crippen molar-refractivity contribution in [3.8, 4) is 22.5 Å². The summed E-state index contributed by atoms with van der Waals surface area (Å²) in [6.07, 6.45) is 4.01. The number of halogens is 1. The lowest BCUT2D eigenvalue weighted by Crippen LogP contribution is -2.15. The number of imidazole rings is 1. The van der Waals surface area contributed by atoms with E-state index in [9.17, 15) is 9.18 Å². The highest BCUT2D eigenvalue weighted by molar-refractivity contribution is 5.83. The molecule has 0 saturated carbocycles. The Kier molecular flexibility index (Phi) is 4.12. The third kappa shape index (κ3) is 2.93. The molecule has 0 bridgehead atoms. The first-order chi connectivity index (χ1) is 13.1. The van der Waals surface area contributed by atoms with Crippen LogP contribution in [0.2, 0.25) is 0 Å². The normalized spacial score (nSPS) is 10.9. The number of carbonyl (C=O) groups is 1. The molecule has 0 atom stereocenters. The van der Waals surface area contributed by atoms with Crippen LogP contribution in [-0.2, 0) is 4.79 Å². The number of anilines is 1. The first kappa shape index (κ1) is 16.8. The zero-order valence-electron chi connectivity index (χ0n) is 14.8. The Morgan fingerprint density at radius 3 is 2.74 bits per heavy atom. The molecule has 0 unspecified atom stereocenters. The van der Waals surface area contributed by atoms with Crippen LogP contribution in [0.25, 0.3) is 28.2 Å². The Bertz CT molecular complexity index is 1150. The number of aryl methyl sites for hydroxylation is 1. The lowest BCUT2D eigenvalue weighted by molar-refractivity contribution is -0.107. The van der Waals surface area contributed by atoms with Crippen LogP contribution >= 0.6 is 0 Å². The molecule has 0 radical (unpaired) electrons. The zero-order valence-corrected chi connectivity index (χ0v) is 14.8. The van der Waals surface area contributed by atoms with Gasteiger partial charge in [0.05, 0.1) is 5.69 Å². The van der Waals surface area contributed by atoms with Crippen molar-refractivity contribution in [2.24, 2.45) is 0 Å². The van der Waals surface area contributed by atoms with E-state index >= 15 is 0 Å². The molecule has 6 nitrogen and oxygen atoms in total. The minimum absolute atomic E-state index is 0.263. The van der Waals surface area contributed by atoms with Gasteiger partial charge in [0.1, 0.15) is 17.3 Å². The van der Waals surface area contributed by atoms with E-state index in [0.717, 1.165) is 16.8 Å². The van der Waals surface area contributed by atoms with Gasteiger partial charge in [-0.25, -0.2) is 18.9 Å². The Hall–Kier alpha value is -3.61. The summed E-state index contributed by atoms with van der Waals surface area (Å²) in [5.41, 5.74) is 4.24. The second-order valence-corrected chi connectivity index (χ2v) is 6.19. The van der Waals surface area contributed by atoms with Gasteiger partial charge in [-0.15, -0.1) is 0 Å². The molecule has 0 aliphatic heterocycles. The monoisotopic (exact) mass is 361 g/mol. The van der Waals surface area contributed by atoms with Crippen LogP contribution in [-0.4, -0.2) is 33.0 Å². The van der Waals surface area contributed by atoms with Crippen molar-refractivity contribution in [2.75, 3.05) is 11.9 Å². The summed E-state index contributed by atoms with van der Waals surface area (Å²) in [6, 6.07) is 12.2. The quantitative estimate of drug-likeness (QED) is 0.522. The summed E-state index contributed by atoms with van der Waals surface area (Å²) in [7, 11) is 1.64. The number of amides is 1. The van der Waals surface area contributed by atoms with Crippen LogP contribution in [0, 0.1) is 12.7 Å². The van der Waals surface area contributed by atoms with Crippen LogP contribution < -0.4 is 4.90 Å². The van der Waals surface area contributed by atoms with Gasteiger partial charge in [-0.05, 0) is 55.0 Å². The number of carbonyl (C=O) groups excluding carboxylic acids is 1. The maximum atomic E-state index is 13.7. The SMILES string of the molecule is Cc1cc(-c2nc3cccnn3c2-c2ccnc(N(C)C=O)c2)ccc1F. The molecule has 27 heavy (non-hydrogen) atoms. The molecule has 3 aromatic heterocycles. The highest BCUT2D eigenvalue weighted by Gasteiger charge is 2.18. The van der Waals surface area contributed by atoms with Crippen LogP contribution in [0.5, 0.6) is 0 Å². The molecule has 4 rings (SSSR count). The molecule has 4 aromatic rings. The Morgan fingerprint density at radius 1 is 1.11 bits per heavy atom. The van der Waals surface area contributed by atoms with Crippen LogP contribution in [0.15, 0.2) is 54.9 Å². The predicted molar refractivity (Wildman–Crippen MR) is 101 cm³/mol. The number of hydrogen-bond donors (Lipinski definition) is 0. The molecule has 0 aliphatic rings. The van der Waals surface area contributed by atoms with Gasteiger partial charge in [-0.2, -0.15) is 5.10 Å². The van der Waals surface area contributed by atoms with Crippen molar-refractivity contribution < 1.29 is 9.18 Å². The summed E-state index contributed by atoms with van der Waals surface area (Å²) in [5.74, 6) is 0.246. The number of nitrogens with zero attached hydrogens (tertiary/aromatic N) is 5. The summed E-state index contributed by atoms with van der Waals surface area (Å²) >= 11 is 0. The molecular weight excluding hydrogens is 345 g/mol. The number of hydrogen-bond acceptors (Lipinski definition) is 4. The topological polar surface area (TPSA) is 63.4 Å². The van der Waals surface area contributed by atoms with Crippen molar-refractivity contribution in [1.82, 2.24) is 19.6 Å². The minimum Gasteiger partial charge on any atom is -0.303 e. The van der Waals surface area contributed by atoms with Gasteiger partial charge in [-0.1, -0.05) is 0 Å². The fourth-order valence-corrected chi connectivity index (χ4v) is 2.95. The zero-order chi connectivity index (χ0) is 19.0. The van der Waals surface area contributed by atoms with Crippen LogP contribution in [0.3, 0.4) is 0 Å². The molecule has 0 N–H and O–H groups in total. The van der Waals surface area contributed by atoms with E-state index in [0.29, 0.717) is 29.1 Å². The van der Waals surface area contributed by atoms with E-state index in [1.165, 1.54) is 11.0 Å². The van der Waals surface area contributed by atoms with Gasteiger partial charge in [0.2, 0.25) is 6.41 Å². The molecular formula is C20H16FN5O. The first-order valence-corrected chi connectivity index (χ1v) is 8.33. The number of pyridine rings is 1. The number of aromatic nitrogens is 4. The van der Waals surface area contributed by atoms with E-state index in [-0.39, 0.29) is 5.82 Å². The molecule has 0 fully saturated rings. The summed E-state index contributed by atoms with van der Waals surface area (Å²) in [4.78, 5) is 21.4. The van der Waals surface area contributed by atoms with Gasteiger partial charge < -0.3 is 4.90 Å². The summed E-state index contributed by atoms with van der Waals surface area (Å²) < 4.78 is 15.5. The maximum absolute atomic E-state index is 13.7. The highest BCUT2D eigenvalue weighted by Crippen LogP contribution is 2.33. The van der Waals surface area contributed by atoms with E-state index in [2.05, 4.69) is 10.1 Å². The van der Waals surface area contributed by atoms with Crippen molar-refractivity contribution in [1.29, 1.82) is 0 Å². The van der Waals surface area contributed by atoms with Crippen molar-refractivity contribution in [2.45, 2.75) is 6.92 Å². The Labute approximate surface area is 154 Å². The van der Waals surface area contributed by atoms with Gasteiger partial charge in [-0.3, -0.25) is 4.79 Å². The van der Waals surface area contributed by atoms with Crippen molar-refractivity contribution in [3.05, 3.63) is 66.2 Å². The third-order valence-electron chi connectivity index (χ3n) is 4.36. The molecule has 7 heteroatoms. The standard InChI is InChI=1S/C20H16FN5O/c1-13-10-14(5-6-16(13)21)19-20(26-17(24-19)4-3-8-23-26)15-7-9-22-18(11-15)25(2)12-27/h3-12H,1-2H3. The fraction of sp³-hybridized carbons (Fsp3) is 0.100. The second-order valence-electron chi connectivity index (χ2n) is 6.19. The van der Waals surface area contributed by atoms with Crippen LogP contribution in [0.1, 0.15) is 5.56 Å². The van der Waals surface area contributed by atoms with E-state index in [4.69, 9.17) is 4.98 Å². The first-order valence-electron chi connectivity index (χ1n) is 8.33. The number of rotatable bonds is 4. The molecule has 1 aromatic carbocycles. The maximum Gasteiger partial charge on any atom is 0.215 e. The van der Waals surface area contributed by atoms with Gasteiger partial charge in [0, 0.05) is 30.6 Å². The average Bonchev–Trinajstić information content (AvgIpc) is 3.09. The lowest BCUT2D eigenvalue weighted by Gasteiger charge is -2.11.